The van der Waals surface area contributed by atoms with Crippen LogP contribution in [0, 0.1) is 0 Å². The molecule has 1 aromatic carbocycles. The van der Waals surface area contributed by atoms with Crippen molar-refractivity contribution >= 4 is 32.8 Å². The van der Waals surface area contributed by atoms with Crippen LogP contribution in [-0.4, -0.2) is 21.3 Å². The topological polar surface area (TPSA) is 66.0 Å². The number of hydrogen-bond acceptors (Lipinski definition) is 2. The molecule has 5 heteroatoms. The summed E-state index contributed by atoms with van der Waals surface area (Å²) in [5.74, 6) is -0.955. The van der Waals surface area contributed by atoms with Gasteiger partial charge in [0.05, 0.1) is 21.7 Å². The number of H-pyrrole nitrogens is 1. The van der Waals surface area contributed by atoms with Gasteiger partial charge in [0, 0.05) is 5.39 Å². The second kappa shape index (κ2) is 2.85. The highest BCUT2D eigenvalue weighted by atomic mass is 79.9. The molecular weight excluding hydrogens is 236 g/mol. The minimum Gasteiger partial charge on any atom is -0.478 e. The molecule has 2 rings (SSSR count). The van der Waals surface area contributed by atoms with E-state index in [1.807, 2.05) is 0 Å². The average molecular weight is 241 g/mol. The van der Waals surface area contributed by atoms with Crippen LogP contribution in [0.15, 0.2) is 22.8 Å². The molecule has 1 heterocycles. The first-order chi connectivity index (χ1) is 6.20. The molecule has 0 bridgehead atoms. The van der Waals surface area contributed by atoms with Crippen molar-refractivity contribution in [2.75, 3.05) is 0 Å². The van der Waals surface area contributed by atoms with E-state index in [2.05, 4.69) is 26.1 Å². The zero-order valence-corrected chi connectivity index (χ0v) is 8.00. The number of aromatic amines is 1. The van der Waals surface area contributed by atoms with E-state index in [4.69, 9.17) is 5.11 Å². The Balaban J connectivity index is 2.80. The van der Waals surface area contributed by atoms with Crippen molar-refractivity contribution in [2.24, 2.45) is 0 Å². The van der Waals surface area contributed by atoms with Gasteiger partial charge in [-0.2, -0.15) is 5.10 Å². The Morgan fingerprint density at radius 1 is 1.54 bits per heavy atom. The summed E-state index contributed by atoms with van der Waals surface area (Å²) in [6.45, 7) is 0. The summed E-state index contributed by atoms with van der Waals surface area (Å²) in [6, 6.07) is 3.26. The Kier molecular flexibility index (Phi) is 1.81. The number of nitrogens with one attached hydrogen (secondary N) is 1. The first kappa shape index (κ1) is 8.25. The van der Waals surface area contributed by atoms with Crippen LogP contribution >= 0.6 is 15.9 Å². The van der Waals surface area contributed by atoms with Gasteiger partial charge in [-0.15, -0.1) is 0 Å². The normalized spacial score (nSPS) is 10.5. The molecule has 0 aliphatic heterocycles. The number of nitrogens with zero attached hydrogens (tertiary/aromatic N) is 1. The van der Waals surface area contributed by atoms with Gasteiger partial charge in [0.1, 0.15) is 0 Å². The molecule has 0 aliphatic rings. The van der Waals surface area contributed by atoms with Crippen molar-refractivity contribution in [1.82, 2.24) is 10.2 Å². The summed E-state index contributed by atoms with van der Waals surface area (Å²) in [5.41, 5.74) is 0.941. The number of benzene rings is 1. The highest BCUT2D eigenvalue weighted by Gasteiger charge is 2.11. The predicted molar refractivity (Wildman–Crippen MR) is 50.8 cm³/mol. The molecule has 2 N–H and O–H groups in total. The molecule has 0 unspecified atom stereocenters. The van der Waals surface area contributed by atoms with E-state index in [9.17, 15) is 4.79 Å². The quantitative estimate of drug-likeness (QED) is 0.802. The number of aromatic carboxylic acids is 1. The fourth-order valence-corrected chi connectivity index (χ4v) is 1.76. The van der Waals surface area contributed by atoms with E-state index in [1.165, 1.54) is 0 Å². The van der Waals surface area contributed by atoms with Gasteiger partial charge in [0.15, 0.2) is 0 Å². The molecular formula is C8H5BrN2O2. The zero-order chi connectivity index (χ0) is 9.42. The van der Waals surface area contributed by atoms with E-state index in [-0.39, 0.29) is 5.56 Å². The van der Waals surface area contributed by atoms with Gasteiger partial charge >= 0.3 is 5.97 Å². The number of aromatic nitrogens is 2. The van der Waals surface area contributed by atoms with Crippen molar-refractivity contribution in [2.45, 2.75) is 0 Å². The second-order valence-electron chi connectivity index (χ2n) is 2.57. The SMILES string of the molecule is O=C(O)c1ccc2cn[nH]c2c1Br. The van der Waals surface area contributed by atoms with Gasteiger partial charge in [-0.3, -0.25) is 5.10 Å². The molecule has 0 amide bonds. The number of halogens is 1. The third kappa shape index (κ3) is 1.21. The first-order valence-corrected chi connectivity index (χ1v) is 4.34. The molecule has 4 nitrogen and oxygen atoms in total. The lowest BCUT2D eigenvalue weighted by Gasteiger charge is -1.98. The average Bonchev–Trinajstić information content (AvgIpc) is 2.52. The Hall–Kier alpha value is -1.36. The lowest BCUT2D eigenvalue weighted by molar-refractivity contribution is 0.0696. The molecule has 2 aromatic rings. The number of hydrogen-bond donors (Lipinski definition) is 2. The van der Waals surface area contributed by atoms with E-state index in [0.29, 0.717) is 9.99 Å². The van der Waals surface area contributed by atoms with Gasteiger partial charge in [-0.05, 0) is 22.0 Å². The van der Waals surface area contributed by atoms with Gasteiger partial charge in [-0.25, -0.2) is 4.79 Å². The Morgan fingerprint density at radius 2 is 2.31 bits per heavy atom. The lowest BCUT2D eigenvalue weighted by Crippen LogP contribution is -1.97. The summed E-state index contributed by atoms with van der Waals surface area (Å²) >= 11 is 3.21. The summed E-state index contributed by atoms with van der Waals surface area (Å²) in [7, 11) is 0. The summed E-state index contributed by atoms with van der Waals surface area (Å²) < 4.78 is 0.537. The third-order valence-electron chi connectivity index (χ3n) is 1.78. The Bertz CT molecular complexity index is 478. The first-order valence-electron chi connectivity index (χ1n) is 3.55. The number of fused-ring (bicyclic) bond motifs is 1. The number of carboxylic acids is 1. The summed E-state index contributed by atoms with van der Waals surface area (Å²) in [4.78, 5) is 10.7. The fraction of sp³-hybridized carbons (Fsp3) is 0. The van der Waals surface area contributed by atoms with Crippen molar-refractivity contribution in [3.05, 3.63) is 28.4 Å². The molecule has 0 saturated heterocycles. The van der Waals surface area contributed by atoms with Crippen LogP contribution in [0.25, 0.3) is 10.9 Å². The van der Waals surface area contributed by atoms with Crippen LogP contribution in [0.5, 0.6) is 0 Å². The molecule has 1 aromatic heterocycles. The second-order valence-corrected chi connectivity index (χ2v) is 3.36. The van der Waals surface area contributed by atoms with E-state index in [1.54, 1.807) is 18.3 Å². The monoisotopic (exact) mass is 240 g/mol. The molecule has 0 saturated carbocycles. The smallest absolute Gasteiger partial charge is 0.336 e. The minimum absolute atomic E-state index is 0.233. The number of carbonyl (C=O) groups is 1. The molecule has 0 fully saturated rings. The molecule has 66 valence electrons. The standard InChI is InChI=1S/C8H5BrN2O2/c9-6-5(8(12)13)2-1-4-3-10-11-7(4)6/h1-3H,(H,10,11)(H,12,13). The van der Waals surface area contributed by atoms with Crippen LogP contribution < -0.4 is 0 Å². The Labute approximate surface area is 81.7 Å². The van der Waals surface area contributed by atoms with Gasteiger partial charge in [0.25, 0.3) is 0 Å². The molecule has 13 heavy (non-hydrogen) atoms. The zero-order valence-electron chi connectivity index (χ0n) is 6.41. The van der Waals surface area contributed by atoms with E-state index in [0.717, 1.165) is 5.39 Å². The van der Waals surface area contributed by atoms with Crippen LogP contribution in [0.4, 0.5) is 0 Å². The van der Waals surface area contributed by atoms with E-state index < -0.39 is 5.97 Å². The summed E-state index contributed by atoms with van der Waals surface area (Å²) in [6.07, 6.45) is 1.64. The van der Waals surface area contributed by atoms with Gasteiger partial charge in [0.2, 0.25) is 0 Å². The van der Waals surface area contributed by atoms with Crippen LogP contribution in [0.2, 0.25) is 0 Å². The van der Waals surface area contributed by atoms with Gasteiger partial charge < -0.3 is 5.11 Å². The fourth-order valence-electron chi connectivity index (χ4n) is 1.14. The highest BCUT2D eigenvalue weighted by molar-refractivity contribution is 9.10. The van der Waals surface area contributed by atoms with Crippen LogP contribution in [0.3, 0.4) is 0 Å². The largest absolute Gasteiger partial charge is 0.478 e. The molecule has 0 aliphatic carbocycles. The highest BCUT2D eigenvalue weighted by Crippen LogP contribution is 2.25. The summed E-state index contributed by atoms with van der Waals surface area (Å²) in [5, 5.41) is 16.2. The molecule has 0 spiro atoms. The number of carboxylic acid groups (broad SMARTS) is 1. The molecule has 0 radical (unpaired) electrons. The van der Waals surface area contributed by atoms with Crippen LogP contribution in [-0.2, 0) is 0 Å². The van der Waals surface area contributed by atoms with Crippen molar-refractivity contribution in [3.63, 3.8) is 0 Å². The van der Waals surface area contributed by atoms with Gasteiger partial charge in [-0.1, -0.05) is 6.07 Å². The number of rotatable bonds is 1. The van der Waals surface area contributed by atoms with Crippen LogP contribution in [0.1, 0.15) is 10.4 Å². The lowest BCUT2D eigenvalue weighted by atomic mass is 10.2. The maximum atomic E-state index is 10.7. The van der Waals surface area contributed by atoms with Crippen molar-refractivity contribution in [3.8, 4) is 0 Å². The Morgan fingerprint density at radius 3 is 3.00 bits per heavy atom. The molecule has 0 atom stereocenters. The van der Waals surface area contributed by atoms with Crippen molar-refractivity contribution in [1.29, 1.82) is 0 Å². The maximum absolute atomic E-state index is 10.7. The predicted octanol–water partition coefficient (Wildman–Crippen LogP) is 2.02. The minimum atomic E-state index is -0.955. The third-order valence-corrected chi connectivity index (χ3v) is 2.61. The maximum Gasteiger partial charge on any atom is 0.336 e. The van der Waals surface area contributed by atoms with E-state index >= 15 is 0 Å². The van der Waals surface area contributed by atoms with Crippen molar-refractivity contribution < 1.29 is 9.90 Å².